The summed E-state index contributed by atoms with van der Waals surface area (Å²) in [6, 6.07) is -1.08. The van der Waals surface area contributed by atoms with E-state index in [1.54, 1.807) is 32.6 Å². The number of carbonyl (C=O) groups is 3. The minimum Gasteiger partial charge on any atom is -0.444 e. The highest BCUT2D eigenvalue weighted by Gasteiger charge is 2.33. The monoisotopic (exact) mass is 298 g/mol. The molecule has 1 rings (SSSR count). The zero-order valence-corrected chi connectivity index (χ0v) is 13.6. The van der Waals surface area contributed by atoms with Crippen LogP contribution in [0.1, 0.15) is 53.9 Å². The highest BCUT2D eigenvalue weighted by atomic mass is 16.6. The van der Waals surface area contributed by atoms with Crippen LogP contribution < -0.4 is 5.32 Å². The van der Waals surface area contributed by atoms with E-state index in [-0.39, 0.29) is 11.7 Å². The second kappa shape index (κ2) is 6.91. The van der Waals surface area contributed by atoms with Crippen LogP contribution in [0.2, 0.25) is 0 Å². The average molecular weight is 298 g/mol. The van der Waals surface area contributed by atoms with Crippen molar-refractivity contribution in [2.45, 2.75) is 71.6 Å². The lowest BCUT2D eigenvalue weighted by Gasteiger charge is -2.29. The van der Waals surface area contributed by atoms with E-state index in [9.17, 15) is 14.4 Å². The average Bonchev–Trinajstić information content (AvgIpc) is 2.49. The molecule has 0 aromatic rings. The van der Waals surface area contributed by atoms with Crippen molar-refractivity contribution in [1.29, 1.82) is 0 Å². The normalized spacial score (nSPS) is 21.5. The first-order chi connectivity index (χ1) is 9.61. The van der Waals surface area contributed by atoms with Crippen LogP contribution in [0.3, 0.4) is 0 Å². The number of rotatable bonds is 3. The summed E-state index contributed by atoms with van der Waals surface area (Å²) in [5, 5.41) is 2.63. The lowest BCUT2D eigenvalue weighted by molar-refractivity contribution is -0.139. The predicted molar refractivity (Wildman–Crippen MR) is 78.9 cm³/mol. The molecule has 1 aliphatic heterocycles. The summed E-state index contributed by atoms with van der Waals surface area (Å²) >= 11 is 0. The van der Waals surface area contributed by atoms with Crippen LogP contribution in [0.5, 0.6) is 0 Å². The van der Waals surface area contributed by atoms with Gasteiger partial charge in [0, 0.05) is 6.54 Å². The number of hydrogen-bond donors (Lipinski definition) is 1. The molecule has 2 atom stereocenters. The van der Waals surface area contributed by atoms with Crippen molar-refractivity contribution >= 4 is 17.8 Å². The lowest BCUT2D eigenvalue weighted by atomic mass is 10.1. The maximum atomic E-state index is 12.5. The Hall–Kier alpha value is -1.59. The van der Waals surface area contributed by atoms with Gasteiger partial charge < -0.3 is 15.0 Å². The van der Waals surface area contributed by atoms with Crippen molar-refractivity contribution in [3.05, 3.63) is 0 Å². The zero-order valence-electron chi connectivity index (χ0n) is 13.6. The number of Topliss-reactive ketones (excluding diaryl/α,β-unsaturated/α-hetero) is 1. The van der Waals surface area contributed by atoms with Crippen LogP contribution in [-0.2, 0) is 14.3 Å². The molecule has 1 heterocycles. The highest BCUT2D eigenvalue weighted by molar-refractivity contribution is 5.91. The van der Waals surface area contributed by atoms with E-state index < -0.39 is 23.8 Å². The number of carbonyl (C=O) groups excluding carboxylic acids is 3. The number of ketones is 1. The number of nitrogens with one attached hydrogen (secondary N) is 1. The van der Waals surface area contributed by atoms with E-state index in [0.717, 1.165) is 12.8 Å². The van der Waals surface area contributed by atoms with Crippen LogP contribution >= 0.6 is 0 Å². The minimum absolute atomic E-state index is 0.0544. The first kappa shape index (κ1) is 17.5. The van der Waals surface area contributed by atoms with Crippen molar-refractivity contribution in [2.24, 2.45) is 0 Å². The molecule has 6 heteroatoms. The number of hydrogen-bond acceptors (Lipinski definition) is 4. The minimum atomic E-state index is -0.621. The lowest BCUT2D eigenvalue weighted by Crippen LogP contribution is -2.52. The summed E-state index contributed by atoms with van der Waals surface area (Å²) in [6.45, 7) is 9.05. The summed E-state index contributed by atoms with van der Waals surface area (Å²) in [5.41, 5.74) is -0.607. The summed E-state index contributed by atoms with van der Waals surface area (Å²) in [4.78, 5) is 37.4. The fraction of sp³-hybridized carbons (Fsp3) is 0.800. The molecule has 0 spiro atoms. The molecule has 0 aliphatic carbocycles. The van der Waals surface area contributed by atoms with Crippen molar-refractivity contribution in [3.8, 4) is 0 Å². The Labute approximate surface area is 126 Å². The van der Waals surface area contributed by atoms with E-state index in [4.69, 9.17) is 4.74 Å². The van der Waals surface area contributed by atoms with Gasteiger partial charge in [-0.1, -0.05) is 0 Å². The maximum Gasteiger partial charge on any atom is 0.408 e. The second-order valence-electron chi connectivity index (χ2n) is 6.51. The molecular weight excluding hydrogens is 272 g/mol. The second-order valence-corrected chi connectivity index (χ2v) is 6.51. The molecule has 1 aliphatic rings. The Morgan fingerprint density at radius 3 is 2.48 bits per heavy atom. The van der Waals surface area contributed by atoms with Crippen LogP contribution in [-0.4, -0.2) is 46.9 Å². The van der Waals surface area contributed by atoms with Gasteiger partial charge in [-0.3, -0.25) is 9.59 Å². The van der Waals surface area contributed by atoms with E-state index in [1.165, 1.54) is 6.92 Å². The Kier molecular flexibility index (Phi) is 5.75. The Morgan fingerprint density at radius 1 is 1.33 bits per heavy atom. The Morgan fingerprint density at radius 2 is 1.95 bits per heavy atom. The number of likely N-dealkylation sites (tertiary alicyclic amines) is 1. The van der Waals surface area contributed by atoms with Gasteiger partial charge in [0.2, 0.25) is 5.91 Å². The number of nitrogens with zero attached hydrogens (tertiary/aromatic N) is 1. The summed E-state index contributed by atoms with van der Waals surface area (Å²) in [5.74, 6) is -0.262. The van der Waals surface area contributed by atoms with Gasteiger partial charge in [-0.05, 0) is 53.9 Å². The van der Waals surface area contributed by atoms with Gasteiger partial charge in [0.25, 0.3) is 0 Å². The molecule has 0 aromatic carbocycles. The van der Waals surface area contributed by atoms with Gasteiger partial charge >= 0.3 is 6.09 Å². The molecule has 0 bridgehead atoms. The fourth-order valence-corrected chi connectivity index (χ4v) is 2.25. The van der Waals surface area contributed by atoms with Crippen molar-refractivity contribution in [1.82, 2.24) is 10.2 Å². The third kappa shape index (κ3) is 5.36. The number of ether oxygens (including phenoxy) is 1. The van der Waals surface area contributed by atoms with Gasteiger partial charge in [-0.2, -0.15) is 0 Å². The zero-order chi connectivity index (χ0) is 16.2. The van der Waals surface area contributed by atoms with E-state index >= 15 is 0 Å². The van der Waals surface area contributed by atoms with Crippen molar-refractivity contribution in [2.75, 3.05) is 6.54 Å². The molecule has 21 heavy (non-hydrogen) atoms. The first-order valence-corrected chi connectivity index (χ1v) is 7.42. The number of amides is 2. The Bertz CT molecular complexity index is 414. The molecule has 1 fully saturated rings. The van der Waals surface area contributed by atoms with Gasteiger partial charge in [-0.15, -0.1) is 0 Å². The van der Waals surface area contributed by atoms with Crippen LogP contribution in [0.15, 0.2) is 0 Å². The molecular formula is C15H26N2O4. The largest absolute Gasteiger partial charge is 0.444 e. The maximum absolute atomic E-state index is 12.5. The van der Waals surface area contributed by atoms with E-state index in [1.807, 2.05) is 0 Å². The molecule has 1 saturated heterocycles. The summed E-state index contributed by atoms with van der Waals surface area (Å²) in [7, 11) is 0. The topological polar surface area (TPSA) is 75.7 Å². The third-order valence-electron chi connectivity index (χ3n) is 3.47. The molecule has 120 valence electrons. The molecule has 0 saturated carbocycles. The smallest absolute Gasteiger partial charge is 0.408 e. The standard InChI is InChI=1S/C15H26N2O4/c1-10(11(2)18)17-9-7-6-8-12(13(17)19)16-14(20)21-15(3,4)5/h10,12H,6-9H2,1-5H3,(H,16,20). The third-order valence-corrected chi connectivity index (χ3v) is 3.47. The van der Waals surface area contributed by atoms with Crippen molar-refractivity contribution in [3.63, 3.8) is 0 Å². The molecule has 0 aromatic heterocycles. The summed E-state index contributed by atoms with van der Waals surface area (Å²) < 4.78 is 5.19. The van der Waals surface area contributed by atoms with Gasteiger partial charge in [0.1, 0.15) is 11.6 Å². The van der Waals surface area contributed by atoms with E-state index in [0.29, 0.717) is 13.0 Å². The molecule has 6 nitrogen and oxygen atoms in total. The Balaban J connectivity index is 2.75. The molecule has 1 N–H and O–H groups in total. The first-order valence-electron chi connectivity index (χ1n) is 7.42. The molecule has 2 unspecified atom stereocenters. The molecule has 2 amide bonds. The predicted octanol–water partition coefficient (Wildman–Crippen LogP) is 1.87. The fourth-order valence-electron chi connectivity index (χ4n) is 2.25. The van der Waals surface area contributed by atoms with Gasteiger partial charge in [0.05, 0.1) is 6.04 Å². The van der Waals surface area contributed by atoms with Gasteiger partial charge in [-0.25, -0.2) is 4.79 Å². The van der Waals surface area contributed by atoms with Crippen LogP contribution in [0.25, 0.3) is 0 Å². The van der Waals surface area contributed by atoms with Gasteiger partial charge in [0.15, 0.2) is 5.78 Å². The van der Waals surface area contributed by atoms with Crippen LogP contribution in [0.4, 0.5) is 4.79 Å². The van der Waals surface area contributed by atoms with Crippen molar-refractivity contribution < 1.29 is 19.1 Å². The summed E-state index contributed by atoms with van der Waals surface area (Å²) in [6.07, 6.45) is 1.63. The van der Waals surface area contributed by atoms with Crippen LogP contribution in [0, 0.1) is 0 Å². The van der Waals surface area contributed by atoms with E-state index in [2.05, 4.69) is 5.32 Å². The highest BCUT2D eigenvalue weighted by Crippen LogP contribution is 2.16. The SMILES string of the molecule is CC(=O)C(C)N1CCCCC(NC(=O)OC(C)(C)C)C1=O. The number of alkyl carbamates (subject to hydrolysis) is 1. The molecule has 0 radical (unpaired) electrons. The quantitative estimate of drug-likeness (QED) is 0.863.